The van der Waals surface area contributed by atoms with Crippen LogP contribution in [0.25, 0.3) is 0 Å². The van der Waals surface area contributed by atoms with Gasteiger partial charge in [0.1, 0.15) is 0 Å². The van der Waals surface area contributed by atoms with Crippen LogP contribution in [0.2, 0.25) is 0 Å². The Bertz CT molecular complexity index is 364. The molecule has 1 aromatic rings. The second kappa shape index (κ2) is 6.54. The number of rotatable bonds is 7. The van der Waals surface area contributed by atoms with E-state index in [9.17, 15) is 4.79 Å². The van der Waals surface area contributed by atoms with Crippen molar-refractivity contribution in [3.8, 4) is 0 Å². The largest absolute Gasteiger partial charge is 0.481 e. The van der Waals surface area contributed by atoms with Crippen molar-refractivity contribution in [3.05, 3.63) is 18.5 Å². The number of hydrogen-bond acceptors (Lipinski definition) is 3. The maximum Gasteiger partial charge on any atom is 0.304 e. The average Bonchev–Trinajstić information content (AvgIpc) is 2.97. The standard InChI is InChI=1S/C13H21N3O2/c17-13(18)6-11-15-8-1-4-12(15)5-2-9-16-10-3-7-14-16/h3,7,10,12H,1-2,4-6,8-9,11H2,(H,17,18)/t12-/m1/s1. The Labute approximate surface area is 107 Å². The van der Waals surface area contributed by atoms with E-state index in [2.05, 4.69) is 10.00 Å². The molecule has 0 saturated carbocycles. The van der Waals surface area contributed by atoms with Gasteiger partial charge >= 0.3 is 5.97 Å². The number of nitrogens with zero attached hydrogens (tertiary/aromatic N) is 3. The number of aliphatic carboxylic acids is 1. The molecule has 1 aliphatic heterocycles. The van der Waals surface area contributed by atoms with E-state index in [0.29, 0.717) is 12.6 Å². The zero-order valence-corrected chi connectivity index (χ0v) is 10.7. The molecule has 1 aromatic heterocycles. The Balaban J connectivity index is 1.69. The molecule has 0 spiro atoms. The Kier molecular flexibility index (Phi) is 4.75. The quantitative estimate of drug-likeness (QED) is 0.799. The van der Waals surface area contributed by atoms with Gasteiger partial charge in [-0.1, -0.05) is 0 Å². The van der Waals surface area contributed by atoms with Gasteiger partial charge in [0.25, 0.3) is 0 Å². The lowest BCUT2D eigenvalue weighted by Crippen LogP contribution is -2.31. The van der Waals surface area contributed by atoms with E-state index in [1.165, 1.54) is 12.8 Å². The van der Waals surface area contributed by atoms with Crippen molar-refractivity contribution in [1.29, 1.82) is 0 Å². The molecule has 100 valence electrons. The van der Waals surface area contributed by atoms with E-state index in [1.807, 2.05) is 16.9 Å². The zero-order valence-electron chi connectivity index (χ0n) is 10.7. The summed E-state index contributed by atoms with van der Waals surface area (Å²) in [5, 5.41) is 12.9. The summed E-state index contributed by atoms with van der Waals surface area (Å²) in [7, 11) is 0. The second-order valence-corrected chi connectivity index (χ2v) is 4.89. The van der Waals surface area contributed by atoms with E-state index >= 15 is 0 Å². The smallest absolute Gasteiger partial charge is 0.304 e. The molecule has 2 heterocycles. The Morgan fingerprint density at radius 1 is 1.44 bits per heavy atom. The summed E-state index contributed by atoms with van der Waals surface area (Å²) in [6.07, 6.45) is 8.70. The van der Waals surface area contributed by atoms with E-state index in [4.69, 9.17) is 5.11 Å². The molecule has 1 saturated heterocycles. The minimum atomic E-state index is -0.697. The first-order chi connectivity index (χ1) is 8.75. The molecule has 5 heteroatoms. The van der Waals surface area contributed by atoms with E-state index in [0.717, 1.165) is 25.9 Å². The lowest BCUT2D eigenvalue weighted by molar-refractivity contribution is -0.137. The van der Waals surface area contributed by atoms with Crippen LogP contribution in [0.5, 0.6) is 0 Å². The fourth-order valence-electron chi connectivity index (χ4n) is 2.68. The highest BCUT2D eigenvalue weighted by atomic mass is 16.4. The van der Waals surface area contributed by atoms with Crippen LogP contribution in [0.4, 0.5) is 0 Å². The van der Waals surface area contributed by atoms with Crippen LogP contribution < -0.4 is 0 Å². The summed E-state index contributed by atoms with van der Waals surface area (Å²) in [4.78, 5) is 12.9. The van der Waals surface area contributed by atoms with Crippen molar-refractivity contribution in [3.63, 3.8) is 0 Å². The van der Waals surface area contributed by atoms with Gasteiger partial charge in [-0.05, 0) is 38.3 Å². The molecular weight excluding hydrogens is 230 g/mol. The zero-order chi connectivity index (χ0) is 12.8. The highest BCUT2D eigenvalue weighted by Gasteiger charge is 2.23. The molecule has 0 aromatic carbocycles. The minimum Gasteiger partial charge on any atom is -0.481 e. The average molecular weight is 251 g/mol. The molecule has 0 unspecified atom stereocenters. The molecule has 0 amide bonds. The van der Waals surface area contributed by atoms with Crippen molar-refractivity contribution in [2.75, 3.05) is 13.1 Å². The van der Waals surface area contributed by atoms with Crippen molar-refractivity contribution < 1.29 is 9.90 Å². The predicted octanol–water partition coefficient (Wildman–Crippen LogP) is 1.60. The summed E-state index contributed by atoms with van der Waals surface area (Å²) in [5.41, 5.74) is 0. The first-order valence-corrected chi connectivity index (χ1v) is 6.69. The van der Waals surface area contributed by atoms with Gasteiger partial charge in [-0.3, -0.25) is 14.4 Å². The van der Waals surface area contributed by atoms with Crippen LogP contribution in [0.3, 0.4) is 0 Å². The topological polar surface area (TPSA) is 58.4 Å². The number of carboxylic acids is 1. The van der Waals surface area contributed by atoms with Crippen LogP contribution in [0, 0.1) is 0 Å². The van der Waals surface area contributed by atoms with E-state index in [1.54, 1.807) is 6.20 Å². The van der Waals surface area contributed by atoms with Crippen molar-refractivity contribution in [1.82, 2.24) is 14.7 Å². The molecule has 1 atom stereocenters. The monoisotopic (exact) mass is 251 g/mol. The van der Waals surface area contributed by atoms with Crippen LogP contribution in [0.1, 0.15) is 32.1 Å². The Morgan fingerprint density at radius 3 is 3.06 bits per heavy atom. The van der Waals surface area contributed by atoms with Gasteiger partial charge < -0.3 is 5.11 Å². The third-order valence-electron chi connectivity index (χ3n) is 3.60. The predicted molar refractivity (Wildman–Crippen MR) is 68.3 cm³/mol. The number of likely N-dealkylation sites (tertiary alicyclic amines) is 1. The molecule has 0 bridgehead atoms. The van der Waals surface area contributed by atoms with Gasteiger partial charge in [-0.25, -0.2) is 0 Å². The molecular formula is C13H21N3O2. The van der Waals surface area contributed by atoms with Gasteiger partial charge in [0.15, 0.2) is 0 Å². The maximum atomic E-state index is 10.6. The lowest BCUT2D eigenvalue weighted by atomic mass is 10.1. The van der Waals surface area contributed by atoms with Gasteiger partial charge in [0.2, 0.25) is 0 Å². The minimum absolute atomic E-state index is 0.260. The summed E-state index contributed by atoms with van der Waals surface area (Å²) in [6.45, 7) is 2.71. The van der Waals surface area contributed by atoms with Gasteiger partial charge in [0, 0.05) is 31.5 Å². The second-order valence-electron chi connectivity index (χ2n) is 4.89. The fraction of sp³-hybridized carbons (Fsp3) is 0.692. The summed E-state index contributed by atoms with van der Waals surface area (Å²) < 4.78 is 1.95. The normalized spacial score (nSPS) is 20.3. The highest BCUT2D eigenvalue weighted by molar-refractivity contribution is 5.66. The van der Waals surface area contributed by atoms with Gasteiger partial charge in [-0.2, -0.15) is 5.10 Å². The van der Waals surface area contributed by atoms with Gasteiger partial charge in [0.05, 0.1) is 6.42 Å². The first kappa shape index (κ1) is 13.1. The molecule has 1 fully saturated rings. The van der Waals surface area contributed by atoms with Crippen LogP contribution in [-0.4, -0.2) is 44.9 Å². The Morgan fingerprint density at radius 2 is 2.33 bits per heavy atom. The number of carboxylic acid groups (broad SMARTS) is 1. The summed E-state index contributed by atoms with van der Waals surface area (Å²) in [6, 6.07) is 2.51. The number of hydrogen-bond donors (Lipinski definition) is 1. The van der Waals surface area contributed by atoms with Crippen LogP contribution in [0.15, 0.2) is 18.5 Å². The van der Waals surface area contributed by atoms with Crippen LogP contribution >= 0.6 is 0 Å². The van der Waals surface area contributed by atoms with Crippen molar-refractivity contribution in [2.45, 2.75) is 44.7 Å². The third kappa shape index (κ3) is 3.84. The first-order valence-electron chi connectivity index (χ1n) is 6.69. The fourth-order valence-corrected chi connectivity index (χ4v) is 2.68. The van der Waals surface area contributed by atoms with Crippen LogP contribution in [-0.2, 0) is 11.3 Å². The number of aromatic nitrogens is 2. The van der Waals surface area contributed by atoms with Crippen molar-refractivity contribution >= 4 is 5.97 Å². The molecule has 0 aliphatic carbocycles. The maximum absolute atomic E-state index is 10.6. The van der Waals surface area contributed by atoms with E-state index in [-0.39, 0.29) is 6.42 Å². The van der Waals surface area contributed by atoms with E-state index < -0.39 is 5.97 Å². The third-order valence-corrected chi connectivity index (χ3v) is 3.60. The number of aryl methyl sites for hydroxylation is 1. The lowest BCUT2D eigenvalue weighted by Gasteiger charge is -2.23. The molecule has 5 nitrogen and oxygen atoms in total. The number of carbonyl (C=O) groups is 1. The van der Waals surface area contributed by atoms with Crippen molar-refractivity contribution in [2.24, 2.45) is 0 Å². The molecule has 2 rings (SSSR count). The molecule has 18 heavy (non-hydrogen) atoms. The summed E-state index contributed by atoms with van der Waals surface area (Å²) >= 11 is 0. The highest BCUT2D eigenvalue weighted by Crippen LogP contribution is 2.21. The molecule has 1 aliphatic rings. The molecule has 0 radical (unpaired) electrons. The SMILES string of the molecule is O=C(O)CCN1CCC[C@@H]1CCCn1cccn1. The summed E-state index contributed by atoms with van der Waals surface area (Å²) in [5.74, 6) is -0.697. The van der Waals surface area contributed by atoms with Gasteiger partial charge in [-0.15, -0.1) is 0 Å². The molecule has 1 N–H and O–H groups in total. The Hall–Kier alpha value is -1.36.